The third-order valence-electron chi connectivity index (χ3n) is 9.87. The molecule has 0 unspecified atom stereocenters. The number of imide groups is 2. The second-order valence-corrected chi connectivity index (χ2v) is 12.2. The van der Waals surface area contributed by atoms with Gasteiger partial charge in [-0.15, -0.1) is 0 Å². The van der Waals surface area contributed by atoms with Gasteiger partial charge in [-0.25, -0.2) is 14.6 Å². The zero-order valence-corrected chi connectivity index (χ0v) is 24.4. The number of hydrogen-bond acceptors (Lipinski definition) is 6. The van der Waals surface area contributed by atoms with Crippen LogP contribution in [0.15, 0.2) is 47.5 Å². The number of ether oxygens (including phenoxy) is 1. The van der Waals surface area contributed by atoms with E-state index < -0.39 is 64.6 Å². The van der Waals surface area contributed by atoms with Crippen molar-refractivity contribution in [3.05, 3.63) is 69.8 Å². The number of rotatable bonds is 4. The van der Waals surface area contributed by atoms with Crippen LogP contribution in [0.2, 0.25) is 0 Å². The van der Waals surface area contributed by atoms with Crippen molar-refractivity contribution in [1.82, 2.24) is 0 Å². The van der Waals surface area contributed by atoms with Crippen molar-refractivity contribution in [3.63, 3.8) is 0 Å². The first-order valence-electron chi connectivity index (χ1n) is 14.1. The molecule has 8 heteroatoms. The van der Waals surface area contributed by atoms with Gasteiger partial charge in [-0.3, -0.25) is 19.2 Å². The molecular formula is C33H34N2O6. The minimum atomic E-state index is -1.42. The van der Waals surface area contributed by atoms with E-state index in [1.807, 2.05) is 52.0 Å². The van der Waals surface area contributed by atoms with Gasteiger partial charge in [0, 0.05) is 16.9 Å². The van der Waals surface area contributed by atoms with Crippen LogP contribution in [0.25, 0.3) is 0 Å². The van der Waals surface area contributed by atoms with Crippen molar-refractivity contribution in [2.75, 3.05) is 16.4 Å². The van der Waals surface area contributed by atoms with Crippen molar-refractivity contribution in [2.45, 2.75) is 48.5 Å². The van der Waals surface area contributed by atoms with Crippen LogP contribution in [0.5, 0.6) is 0 Å². The Labute approximate surface area is 239 Å². The number of nitrogens with zero attached hydrogens (tertiary/aromatic N) is 2. The lowest BCUT2D eigenvalue weighted by Gasteiger charge is -2.55. The summed E-state index contributed by atoms with van der Waals surface area (Å²) in [6.45, 7) is 12.8. The summed E-state index contributed by atoms with van der Waals surface area (Å²) in [5.74, 6) is -6.79. The number of anilines is 2. The normalized spacial score (nSPS) is 30.4. The second kappa shape index (κ2) is 8.96. The third kappa shape index (κ3) is 3.36. The molecule has 7 rings (SSSR count). The maximum atomic E-state index is 14.4. The number of hydrogen-bond donors (Lipinski definition) is 0. The topological polar surface area (TPSA) is 101 Å². The molecule has 2 saturated heterocycles. The van der Waals surface area contributed by atoms with Crippen LogP contribution in [0.3, 0.4) is 0 Å². The number of aryl methyl sites for hydroxylation is 4. The highest BCUT2D eigenvalue weighted by atomic mass is 16.5. The largest absolute Gasteiger partial charge is 0.463 e. The number of carbonyl (C=O) groups excluding carboxylic acids is 5. The van der Waals surface area contributed by atoms with E-state index in [0.717, 1.165) is 22.3 Å². The van der Waals surface area contributed by atoms with E-state index in [1.165, 1.54) is 9.80 Å². The molecule has 0 spiro atoms. The van der Waals surface area contributed by atoms with Gasteiger partial charge in [-0.1, -0.05) is 47.9 Å². The van der Waals surface area contributed by atoms with Crippen LogP contribution in [-0.2, 0) is 28.7 Å². The van der Waals surface area contributed by atoms with Crippen LogP contribution < -0.4 is 9.80 Å². The van der Waals surface area contributed by atoms with Gasteiger partial charge >= 0.3 is 5.97 Å². The van der Waals surface area contributed by atoms with E-state index in [0.29, 0.717) is 16.9 Å². The van der Waals surface area contributed by atoms with E-state index in [4.69, 9.17) is 4.74 Å². The Morgan fingerprint density at radius 3 is 1.56 bits per heavy atom. The smallest absolute Gasteiger partial charge is 0.334 e. The molecule has 41 heavy (non-hydrogen) atoms. The minimum absolute atomic E-state index is 0.113. The van der Waals surface area contributed by atoms with Gasteiger partial charge < -0.3 is 4.74 Å². The molecule has 2 aromatic carbocycles. The quantitative estimate of drug-likeness (QED) is 0.411. The summed E-state index contributed by atoms with van der Waals surface area (Å²) in [4.78, 5) is 73.2. The number of carbonyl (C=O) groups is 5. The highest BCUT2D eigenvalue weighted by molar-refractivity contribution is 6.28. The lowest BCUT2D eigenvalue weighted by Crippen LogP contribution is -2.61. The van der Waals surface area contributed by atoms with Crippen molar-refractivity contribution in [2.24, 2.45) is 35.0 Å². The zero-order chi connectivity index (χ0) is 29.7. The van der Waals surface area contributed by atoms with Crippen molar-refractivity contribution < 1.29 is 28.7 Å². The van der Waals surface area contributed by atoms with E-state index in [-0.39, 0.29) is 12.2 Å². The predicted octanol–water partition coefficient (Wildman–Crippen LogP) is 4.36. The summed E-state index contributed by atoms with van der Waals surface area (Å²) in [7, 11) is 0. The van der Waals surface area contributed by atoms with Crippen molar-refractivity contribution in [1.29, 1.82) is 0 Å². The summed E-state index contributed by atoms with van der Waals surface area (Å²) in [6, 6.07) is 11.0. The predicted molar refractivity (Wildman–Crippen MR) is 152 cm³/mol. The Balaban J connectivity index is 1.55. The fourth-order valence-corrected chi connectivity index (χ4v) is 8.40. The van der Waals surface area contributed by atoms with Crippen LogP contribution in [0, 0.1) is 62.7 Å². The SMILES string of the molecule is CCOC(=O)C1=C(C)C2[C@H]3C(=O)N(c4ccc(C)cc4C)C(=O)[C@@H]3C1(C)[C@H]1C(=O)N(c3ccc(C)cc3C)C(=O)[C@H]21. The summed E-state index contributed by atoms with van der Waals surface area (Å²) in [5.41, 5.74) is 3.89. The molecule has 8 nitrogen and oxygen atoms in total. The Hall–Kier alpha value is -4.07. The van der Waals surface area contributed by atoms with Gasteiger partial charge in [-0.05, 0) is 64.8 Å². The molecule has 0 radical (unpaired) electrons. The van der Waals surface area contributed by atoms with Crippen molar-refractivity contribution >= 4 is 41.0 Å². The van der Waals surface area contributed by atoms with E-state index >= 15 is 0 Å². The molecule has 0 N–H and O–H groups in total. The lowest BCUT2D eigenvalue weighted by molar-refractivity contribution is -0.155. The summed E-state index contributed by atoms with van der Waals surface area (Å²) < 4.78 is 5.46. The first-order chi connectivity index (χ1) is 19.4. The van der Waals surface area contributed by atoms with E-state index in [9.17, 15) is 24.0 Å². The van der Waals surface area contributed by atoms with Gasteiger partial charge in [0.25, 0.3) is 0 Å². The van der Waals surface area contributed by atoms with Gasteiger partial charge in [-0.2, -0.15) is 0 Å². The molecule has 0 aromatic heterocycles. The van der Waals surface area contributed by atoms with E-state index in [1.54, 1.807) is 32.9 Å². The lowest BCUT2D eigenvalue weighted by atomic mass is 9.43. The molecule has 2 aliphatic heterocycles. The zero-order valence-electron chi connectivity index (χ0n) is 24.4. The first kappa shape index (κ1) is 27.1. The highest BCUT2D eigenvalue weighted by Gasteiger charge is 2.77. The molecular weight excluding hydrogens is 520 g/mol. The Morgan fingerprint density at radius 1 is 0.732 bits per heavy atom. The summed E-state index contributed by atoms with van der Waals surface area (Å²) in [5, 5.41) is 0. The number of esters is 1. The average Bonchev–Trinajstić information content (AvgIpc) is 3.31. The maximum absolute atomic E-state index is 14.4. The summed E-state index contributed by atoms with van der Waals surface area (Å²) >= 11 is 0. The second-order valence-electron chi connectivity index (χ2n) is 12.2. The minimum Gasteiger partial charge on any atom is -0.463 e. The van der Waals surface area contributed by atoms with Crippen molar-refractivity contribution in [3.8, 4) is 0 Å². The Morgan fingerprint density at radius 2 is 1.17 bits per heavy atom. The first-order valence-corrected chi connectivity index (χ1v) is 14.1. The highest BCUT2D eigenvalue weighted by Crippen LogP contribution is 2.69. The van der Waals surface area contributed by atoms with Crippen LogP contribution >= 0.6 is 0 Å². The molecule has 3 aliphatic carbocycles. The van der Waals surface area contributed by atoms with Gasteiger partial charge in [0.15, 0.2) is 0 Å². The molecule has 2 heterocycles. The number of benzene rings is 2. The van der Waals surface area contributed by atoms with E-state index in [2.05, 4.69) is 0 Å². The molecule has 2 aromatic rings. The Bertz CT molecular complexity index is 1520. The van der Waals surface area contributed by atoms with Crippen LogP contribution in [-0.4, -0.2) is 36.2 Å². The van der Waals surface area contributed by atoms with Gasteiger partial charge in [0.2, 0.25) is 23.6 Å². The third-order valence-corrected chi connectivity index (χ3v) is 9.87. The summed E-state index contributed by atoms with van der Waals surface area (Å²) in [6.07, 6.45) is 0. The van der Waals surface area contributed by atoms with Gasteiger partial charge in [0.1, 0.15) is 0 Å². The number of amides is 4. The molecule has 1 saturated carbocycles. The van der Waals surface area contributed by atoms with Crippen LogP contribution in [0.4, 0.5) is 11.4 Å². The average molecular weight is 555 g/mol. The number of allylic oxidation sites excluding steroid dienone is 1. The molecule has 3 fully saturated rings. The van der Waals surface area contributed by atoms with Gasteiger partial charge in [0.05, 0.1) is 41.7 Å². The molecule has 4 amide bonds. The fourth-order valence-electron chi connectivity index (χ4n) is 8.40. The fraction of sp³-hybridized carbons (Fsp3) is 0.424. The monoisotopic (exact) mass is 554 g/mol. The Kier molecular flexibility index (Phi) is 5.93. The molecule has 4 atom stereocenters. The molecule has 212 valence electrons. The molecule has 5 aliphatic rings. The van der Waals surface area contributed by atoms with Crippen LogP contribution in [0.1, 0.15) is 43.0 Å². The standard InChI is InChI=1S/C33H34N2O6/c1-8-41-32(40)25-19(6)22-23-26(30(38)34(28(23)36)20-11-9-15(2)13-17(20)4)33(25,7)27-24(22)29(37)35(31(27)39)21-12-10-16(3)14-18(21)5/h9-14,22-24,26-27H,8H2,1-7H3/t22?,23-,24-,26-,27-,33?/m1/s1. The maximum Gasteiger partial charge on any atom is 0.334 e. The molecule has 2 bridgehead atoms.